The van der Waals surface area contributed by atoms with Crippen LogP contribution in [-0.2, 0) is 0 Å². The monoisotopic (exact) mass is 322 g/mol. The first-order valence-electron chi connectivity index (χ1n) is 7.45. The van der Waals surface area contributed by atoms with Crippen molar-refractivity contribution >= 4 is 28.1 Å². The molecule has 1 aliphatic carbocycles. The molecule has 0 amide bonds. The molecule has 22 heavy (non-hydrogen) atoms. The maximum Gasteiger partial charge on any atom is 0.185 e. The van der Waals surface area contributed by atoms with E-state index in [0.717, 1.165) is 25.9 Å². The largest absolute Gasteiger partial charge is 0.382 e. The van der Waals surface area contributed by atoms with E-state index < -0.39 is 5.92 Å². The second-order valence-electron chi connectivity index (χ2n) is 5.56. The van der Waals surface area contributed by atoms with Crippen LogP contribution in [0.3, 0.4) is 0 Å². The number of allylic oxidation sites excluding steroid dienone is 4. The molecule has 1 aromatic heterocycles. The molecule has 1 unspecified atom stereocenters. The fourth-order valence-corrected chi connectivity index (χ4v) is 3.67. The molecule has 0 radical (unpaired) electrons. The van der Waals surface area contributed by atoms with Crippen LogP contribution in [0.15, 0.2) is 24.1 Å². The molecule has 1 fully saturated rings. The number of nitrogens with zero attached hydrogens (tertiary/aromatic N) is 1. The molecule has 4 N–H and O–H groups in total. The lowest BCUT2D eigenvalue weighted by Gasteiger charge is -2.23. The Hall–Kier alpha value is -1.73. The number of aromatic nitrogens is 1. The van der Waals surface area contributed by atoms with Crippen molar-refractivity contribution in [3.05, 3.63) is 28.9 Å². The van der Waals surface area contributed by atoms with Gasteiger partial charge >= 0.3 is 0 Å². The van der Waals surface area contributed by atoms with Gasteiger partial charge in [0.15, 0.2) is 10.9 Å². The first-order valence-corrected chi connectivity index (χ1v) is 8.27. The van der Waals surface area contributed by atoms with Crippen molar-refractivity contribution in [3.8, 4) is 0 Å². The smallest absolute Gasteiger partial charge is 0.185 e. The number of anilines is 2. The number of carbonyl (C=O) groups excluding carboxylic acids is 1. The lowest BCUT2D eigenvalue weighted by Crippen LogP contribution is -2.35. The van der Waals surface area contributed by atoms with Crippen LogP contribution in [0.4, 0.5) is 15.3 Å². The molecule has 0 bridgehead atoms. The minimum atomic E-state index is -0.487. The number of hydrogen-bond acceptors (Lipinski definition) is 6. The Balaban J connectivity index is 1.71. The average Bonchev–Trinajstić information content (AvgIpc) is 2.88. The normalized spacial score (nSPS) is 22.4. The molecule has 1 aromatic rings. The van der Waals surface area contributed by atoms with Gasteiger partial charge in [0.05, 0.1) is 0 Å². The molecule has 1 atom stereocenters. The molecular formula is C15H19FN4OS. The van der Waals surface area contributed by atoms with Crippen LogP contribution in [0.2, 0.25) is 0 Å². The van der Waals surface area contributed by atoms with Gasteiger partial charge < -0.3 is 16.4 Å². The summed E-state index contributed by atoms with van der Waals surface area (Å²) >= 11 is 1.26. The van der Waals surface area contributed by atoms with Gasteiger partial charge in [0.25, 0.3) is 0 Å². The SMILES string of the molecule is Nc1nc(NC2CCNCC2)sc1C(=O)C1C=C(F)C=CC1. The second kappa shape index (κ2) is 6.58. The van der Waals surface area contributed by atoms with E-state index in [1.807, 2.05) is 0 Å². The summed E-state index contributed by atoms with van der Waals surface area (Å²) in [5, 5.41) is 7.31. The maximum absolute atomic E-state index is 13.3. The molecule has 2 heterocycles. The topological polar surface area (TPSA) is 80.0 Å². The van der Waals surface area contributed by atoms with Crippen LogP contribution in [0.1, 0.15) is 28.9 Å². The zero-order chi connectivity index (χ0) is 15.5. The van der Waals surface area contributed by atoms with Crippen LogP contribution in [0.25, 0.3) is 0 Å². The fourth-order valence-electron chi connectivity index (χ4n) is 2.71. The van der Waals surface area contributed by atoms with Crippen molar-refractivity contribution in [3.63, 3.8) is 0 Å². The van der Waals surface area contributed by atoms with Crippen LogP contribution < -0.4 is 16.4 Å². The highest BCUT2D eigenvalue weighted by Gasteiger charge is 2.25. The van der Waals surface area contributed by atoms with Crippen LogP contribution >= 0.6 is 11.3 Å². The van der Waals surface area contributed by atoms with Crippen molar-refractivity contribution in [1.29, 1.82) is 0 Å². The van der Waals surface area contributed by atoms with Gasteiger partial charge in [-0.25, -0.2) is 9.37 Å². The molecular weight excluding hydrogens is 303 g/mol. The maximum atomic E-state index is 13.3. The third-order valence-electron chi connectivity index (χ3n) is 3.91. The van der Waals surface area contributed by atoms with Gasteiger partial charge in [-0.3, -0.25) is 4.79 Å². The molecule has 7 heteroatoms. The molecule has 2 aliphatic rings. The Kier molecular flexibility index (Phi) is 4.54. The number of hydrogen-bond donors (Lipinski definition) is 3. The van der Waals surface area contributed by atoms with Crippen molar-refractivity contribution in [2.45, 2.75) is 25.3 Å². The van der Waals surface area contributed by atoms with E-state index in [2.05, 4.69) is 15.6 Å². The average molecular weight is 322 g/mol. The predicted octanol–water partition coefficient (Wildman–Crippen LogP) is 2.50. The molecule has 0 spiro atoms. The number of piperidine rings is 1. The van der Waals surface area contributed by atoms with E-state index in [-0.39, 0.29) is 17.4 Å². The highest BCUT2D eigenvalue weighted by molar-refractivity contribution is 7.18. The molecule has 1 aliphatic heterocycles. The third-order valence-corrected chi connectivity index (χ3v) is 4.93. The number of rotatable bonds is 4. The first kappa shape index (κ1) is 15.2. The zero-order valence-electron chi connectivity index (χ0n) is 12.1. The van der Waals surface area contributed by atoms with E-state index in [1.165, 1.54) is 23.5 Å². The van der Waals surface area contributed by atoms with Gasteiger partial charge in [-0.2, -0.15) is 0 Å². The Morgan fingerprint density at radius 2 is 2.23 bits per heavy atom. The number of nitrogens with two attached hydrogens (primary N) is 1. The number of carbonyl (C=O) groups is 1. The number of nitrogens with one attached hydrogen (secondary N) is 2. The minimum absolute atomic E-state index is 0.159. The van der Waals surface area contributed by atoms with Gasteiger partial charge in [0.2, 0.25) is 0 Å². The quantitative estimate of drug-likeness (QED) is 0.742. The zero-order valence-corrected chi connectivity index (χ0v) is 13.0. The van der Waals surface area contributed by atoms with Crippen molar-refractivity contribution in [2.75, 3.05) is 24.1 Å². The molecule has 5 nitrogen and oxygen atoms in total. The first-order chi connectivity index (χ1) is 10.6. The summed E-state index contributed by atoms with van der Waals surface area (Å²) < 4.78 is 13.3. The van der Waals surface area contributed by atoms with E-state index in [9.17, 15) is 9.18 Å². The number of halogens is 1. The van der Waals surface area contributed by atoms with E-state index in [4.69, 9.17) is 5.73 Å². The van der Waals surface area contributed by atoms with E-state index in [1.54, 1.807) is 6.08 Å². The van der Waals surface area contributed by atoms with Crippen LogP contribution in [-0.4, -0.2) is 29.9 Å². The number of nitrogen functional groups attached to an aromatic ring is 1. The van der Waals surface area contributed by atoms with Gasteiger partial charge in [0, 0.05) is 12.0 Å². The van der Waals surface area contributed by atoms with Gasteiger partial charge in [-0.05, 0) is 44.5 Å². The summed E-state index contributed by atoms with van der Waals surface area (Å²) in [6, 6.07) is 0.352. The number of ketones is 1. The highest BCUT2D eigenvalue weighted by Crippen LogP contribution is 2.31. The fraction of sp³-hybridized carbons (Fsp3) is 0.467. The second-order valence-corrected chi connectivity index (χ2v) is 6.56. The molecule has 0 saturated carbocycles. The summed E-state index contributed by atoms with van der Waals surface area (Å²) in [4.78, 5) is 17.1. The summed E-state index contributed by atoms with van der Waals surface area (Å²) in [7, 11) is 0. The Morgan fingerprint density at radius 3 is 2.95 bits per heavy atom. The number of Topliss-reactive ketones (excluding diaryl/α,β-unsaturated/α-hetero) is 1. The molecule has 0 aromatic carbocycles. The van der Waals surface area contributed by atoms with Crippen molar-refractivity contribution < 1.29 is 9.18 Å². The van der Waals surface area contributed by atoms with Gasteiger partial charge in [-0.15, -0.1) is 0 Å². The lowest BCUT2D eigenvalue weighted by molar-refractivity contribution is 0.0949. The van der Waals surface area contributed by atoms with E-state index >= 15 is 0 Å². The summed E-state index contributed by atoms with van der Waals surface area (Å²) in [5.74, 6) is -0.789. The Morgan fingerprint density at radius 1 is 1.45 bits per heavy atom. The standard InChI is InChI=1S/C15H19FN4OS/c16-10-3-1-2-9(8-10)12(21)13-14(17)20-15(22-13)19-11-4-6-18-7-5-11/h1,3,8-9,11,18H,2,4-7,17H2,(H,19,20). The molecule has 118 valence electrons. The van der Waals surface area contributed by atoms with Crippen LogP contribution in [0, 0.1) is 5.92 Å². The molecule has 1 saturated heterocycles. The minimum Gasteiger partial charge on any atom is -0.382 e. The van der Waals surface area contributed by atoms with Crippen molar-refractivity contribution in [1.82, 2.24) is 10.3 Å². The summed E-state index contributed by atoms with van der Waals surface area (Å²) in [6.07, 6.45) is 6.93. The van der Waals surface area contributed by atoms with Gasteiger partial charge in [0.1, 0.15) is 16.5 Å². The van der Waals surface area contributed by atoms with Crippen LogP contribution in [0.5, 0.6) is 0 Å². The van der Waals surface area contributed by atoms with Gasteiger partial charge in [-0.1, -0.05) is 17.4 Å². The molecule has 3 rings (SSSR count). The Bertz CT molecular complexity index is 619. The third kappa shape index (κ3) is 3.36. The van der Waals surface area contributed by atoms with Crippen molar-refractivity contribution in [2.24, 2.45) is 5.92 Å². The summed E-state index contributed by atoms with van der Waals surface area (Å²) in [5.41, 5.74) is 5.88. The number of thiazole rings is 1. The predicted molar refractivity (Wildman–Crippen MR) is 86.8 cm³/mol. The lowest BCUT2D eigenvalue weighted by atomic mass is 9.95. The van der Waals surface area contributed by atoms with E-state index in [0.29, 0.717) is 22.5 Å². The highest BCUT2D eigenvalue weighted by atomic mass is 32.1. The Labute approximate surface area is 132 Å². The summed E-state index contributed by atoms with van der Waals surface area (Å²) in [6.45, 7) is 1.95.